The Kier molecular flexibility index (Phi) is 8.48. The van der Waals surface area contributed by atoms with Crippen LogP contribution in [0.15, 0.2) is 58.6 Å². The number of nitrogens with zero attached hydrogens (tertiary/aromatic N) is 2. The van der Waals surface area contributed by atoms with Crippen molar-refractivity contribution in [3.63, 3.8) is 0 Å². The summed E-state index contributed by atoms with van der Waals surface area (Å²) in [5.74, 6) is 0. The number of halogens is 1. The van der Waals surface area contributed by atoms with Crippen molar-refractivity contribution in [2.24, 2.45) is 0 Å². The molecule has 0 saturated heterocycles. The highest BCUT2D eigenvalue weighted by Gasteiger charge is 2.08. The third-order valence-electron chi connectivity index (χ3n) is 4.24. The minimum atomic E-state index is 0.574. The summed E-state index contributed by atoms with van der Waals surface area (Å²) in [5.41, 5.74) is 3.56. The Morgan fingerprint density at radius 1 is 1.22 bits per heavy atom. The first-order valence-corrected chi connectivity index (χ1v) is 9.81. The molecule has 2 aromatic rings. The van der Waals surface area contributed by atoms with Crippen LogP contribution in [0.2, 0.25) is 0 Å². The molecule has 27 heavy (non-hydrogen) atoms. The van der Waals surface area contributed by atoms with E-state index in [4.69, 9.17) is 10.1 Å². The minimum Gasteiger partial charge on any atom is -0.385 e. The molecule has 1 N–H and O–H groups in total. The first-order chi connectivity index (χ1) is 13.1. The fraction of sp³-hybridized carbons (Fsp3) is 0.333. The van der Waals surface area contributed by atoms with E-state index in [0.717, 1.165) is 59.9 Å². The third kappa shape index (κ3) is 5.65. The average molecular weight is 432 g/mol. The average Bonchev–Trinajstić information content (AvgIpc) is 2.81. The van der Waals surface area contributed by atoms with E-state index in [1.807, 2.05) is 34.9 Å². The standard InChI is InChI=1S/C13H19N3O.C8H7BrO/c1-3-15-11-7-4-5-8-12(11)16(13(15)14)9-6-10-17-2;9-8-3-1-2-7(6-10)4-5-8/h4-5,7-8,14H,3,6,9-10H2,1-2H3;1-2,4-6H,3H2. The molecule has 0 fully saturated rings. The van der Waals surface area contributed by atoms with Crippen LogP contribution in [-0.2, 0) is 22.6 Å². The second-order valence-corrected chi connectivity index (χ2v) is 7.08. The summed E-state index contributed by atoms with van der Waals surface area (Å²) in [6, 6.07) is 8.19. The van der Waals surface area contributed by atoms with E-state index >= 15 is 0 Å². The lowest BCUT2D eigenvalue weighted by molar-refractivity contribution is -0.104. The Bertz CT molecular complexity index is 919. The van der Waals surface area contributed by atoms with Gasteiger partial charge in [-0.1, -0.05) is 52.4 Å². The molecule has 144 valence electrons. The Morgan fingerprint density at radius 3 is 2.56 bits per heavy atom. The molecule has 0 aliphatic heterocycles. The van der Waals surface area contributed by atoms with Crippen LogP contribution >= 0.6 is 15.9 Å². The number of aromatic nitrogens is 2. The third-order valence-corrected chi connectivity index (χ3v) is 4.83. The lowest BCUT2D eigenvalue weighted by Crippen LogP contribution is -2.24. The van der Waals surface area contributed by atoms with Crippen LogP contribution in [0.4, 0.5) is 0 Å². The molecule has 0 saturated carbocycles. The summed E-state index contributed by atoms with van der Waals surface area (Å²) in [5, 5.41) is 8.20. The fourth-order valence-corrected chi connectivity index (χ4v) is 3.22. The van der Waals surface area contributed by atoms with Gasteiger partial charge in [-0.25, -0.2) is 0 Å². The van der Waals surface area contributed by atoms with Crippen molar-refractivity contribution in [1.82, 2.24) is 9.13 Å². The monoisotopic (exact) mass is 431 g/mol. The van der Waals surface area contributed by atoms with Gasteiger partial charge >= 0.3 is 0 Å². The molecule has 1 aromatic heterocycles. The lowest BCUT2D eigenvalue weighted by atomic mass is 10.3. The molecule has 0 spiro atoms. The summed E-state index contributed by atoms with van der Waals surface area (Å²) >= 11 is 3.34. The molecule has 0 amide bonds. The highest BCUT2D eigenvalue weighted by atomic mass is 79.9. The Hall–Kier alpha value is -2.18. The number of fused-ring (bicyclic) bond motifs is 1. The van der Waals surface area contributed by atoms with Gasteiger partial charge in [-0.05, 0) is 36.4 Å². The number of hydrogen-bond acceptors (Lipinski definition) is 3. The number of carbonyl (C=O) groups excluding carboxylic acids is 1. The van der Waals surface area contributed by atoms with E-state index in [9.17, 15) is 4.79 Å². The van der Waals surface area contributed by atoms with Gasteiger partial charge in [0.2, 0.25) is 5.62 Å². The maximum absolute atomic E-state index is 10.3. The van der Waals surface area contributed by atoms with Crippen molar-refractivity contribution in [3.8, 4) is 0 Å². The normalized spacial score (nSPS) is 13.4. The van der Waals surface area contributed by atoms with Gasteiger partial charge in [0.1, 0.15) is 6.29 Å². The predicted molar refractivity (Wildman–Crippen MR) is 113 cm³/mol. The summed E-state index contributed by atoms with van der Waals surface area (Å²) in [4.78, 5) is 10.3. The highest BCUT2D eigenvalue weighted by Crippen LogP contribution is 2.15. The van der Waals surface area contributed by atoms with Crippen LogP contribution in [0, 0.1) is 5.41 Å². The zero-order valence-electron chi connectivity index (χ0n) is 15.8. The number of aryl methyl sites for hydroxylation is 2. The van der Waals surface area contributed by atoms with Crippen LogP contribution in [-0.4, -0.2) is 29.1 Å². The molecule has 0 radical (unpaired) electrons. The first-order valence-electron chi connectivity index (χ1n) is 9.02. The number of imidazole rings is 1. The minimum absolute atomic E-state index is 0.574. The number of carbonyl (C=O) groups is 1. The molecule has 1 heterocycles. The summed E-state index contributed by atoms with van der Waals surface area (Å²) in [6.45, 7) is 4.47. The van der Waals surface area contributed by atoms with E-state index < -0.39 is 0 Å². The van der Waals surface area contributed by atoms with Crippen LogP contribution in [0.1, 0.15) is 19.8 Å². The van der Waals surface area contributed by atoms with E-state index in [1.54, 1.807) is 13.2 Å². The van der Waals surface area contributed by atoms with Crippen molar-refractivity contribution in [3.05, 3.63) is 64.2 Å². The SMILES string of the molecule is CCn1c(=N)n(CCCOC)c2ccccc21.O=CC1=CC=C(Br)CC=C1. The second-order valence-electron chi connectivity index (χ2n) is 6.06. The van der Waals surface area contributed by atoms with Crippen LogP contribution < -0.4 is 5.62 Å². The van der Waals surface area contributed by atoms with Crippen molar-refractivity contribution in [2.45, 2.75) is 32.9 Å². The molecular weight excluding hydrogens is 406 g/mol. The molecule has 3 rings (SSSR count). The number of nitrogens with one attached hydrogen (secondary N) is 1. The van der Waals surface area contributed by atoms with Crippen molar-refractivity contribution in [2.75, 3.05) is 13.7 Å². The maximum atomic E-state index is 10.3. The summed E-state index contributed by atoms with van der Waals surface area (Å²) in [6.07, 6.45) is 10.1. The topological polar surface area (TPSA) is 60.0 Å². The van der Waals surface area contributed by atoms with Crippen LogP contribution in [0.5, 0.6) is 0 Å². The van der Waals surface area contributed by atoms with Crippen molar-refractivity contribution < 1.29 is 9.53 Å². The van der Waals surface area contributed by atoms with Gasteiger partial charge in [0, 0.05) is 32.4 Å². The van der Waals surface area contributed by atoms with Crippen LogP contribution in [0.3, 0.4) is 0 Å². The summed E-state index contributed by atoms with van der Waals surface area (Å²) in [7, 11) is 1.71. The number of ether oxygens (including phenoxy) is 1. The highest BCUT2D eigenvalue weighted by molar-refractivity contribution is 9.11. The lowest BCUT2D eigenvalue weighted by Gasteiger charge is -2.03. The number of rotatable bonds is 6. The van der Waals surface area contributed by atoms with E-state index in [2.05, 4.69) is 39.6 Å². The van der Waals surface area contributed by atoms with Gasteiger partial charge < -0.3 is 13.9 Å². The molecule has 5 nitrogen and oxygen atoms in total. The van der Waals surface area contributed by atoms with Gasteiger partial charge in [-0.3, -0.25) is 10.2 Å². The molecule has 1 aliphatic carbocycles. The summed E-state index contributed by atoms with van der Waals surface area (Å²) < 4.78 is 10.2. The molecule has 0 atom stereocenters. The largest absolute Gasteiger partial charge is 0.385 e. The first kappa shape index (κ1) is 21.1. The zero-order chi connectivity index (χ0) is 19.6. The van der Waals surface area contributed by atoms with Crippen LogP contribution in [0.25, 0.3) is 11.0 Å². The number of hydrogen-bond donors (Lipinski definition) is 1. The number of methoxy groups -OCH3 is 1. The van der Waals surface area contributed by atoms with Crippen molar-refractivity contribution in [1.29, 1.82) is 5.41 Å². The Labute approximate surface area is 168 Å². The van der Waals surface area contributed by atoms with E-state index in [-0.39, 0.29) is 0 Å². The van der Waals surface area contributed by atoms with Gasteiger partial charge in [0.05, 0.1) is 11.0 Å². The number of para-hydroxylation sites is 2. The van der Waals surface area contributed by atoms with Crippen molar-refractivity contribution >= 4 is 33.2 Å². The van der Waals surface area contributed by atoms with Gasteiger partial charge in [-0.15, -0.1) is 0 Å². The molecule has 0 unspecified atom stereocenters. The molecule has 0 bridgehead atoms. The maximum Gasteiger partial charge on any atom is 0.202 e. The second kappa shape index (κ2) is 10.8. The smallest absolute Gasteiger partial charge is 0.202 e. The molecular formula is C21H26BrN3O2. The predicted octanol–water partition coefficient (Wildman–Crippen LogP) is 4.33. The quantitative estimate of drug-likeness (QED) is 0.546. The Balaban J connectivity index is 0.000000223. The van der Waals surface area contributed by atoms with Gasteiger partial charge in [-0.2, -0.15) is 0 Å². The number of benzene rings is 1. The molecule has 1 aromatic carbocycles. The van der Waals surface area contributed by atoms with Gasteiger partial charge in [0.25, 0.3) is 0 Å². The number of aldehydes is 1. The number of allylic oxidation sites excluding steroid dienone is 6. The Morgan fingerprint density at radius 2 is 1.93 bits per heavy atom. The van der Waals surface area contributed by atoms with E-state index in [0.29, 0.717) is 5.62 Å². The zero-order valence-corrected chi connectivity index (χ0v) is 17.4. The fourth-order valence-electron chi connectivity index (χ4n) is 2.90. The van der Waals surface area contributed by atoms with E-state index in [1.165, 1.54) is 0 Å². The van der Waals surface area contributed by atoms with Gasteiger partial charge in [0.15, 0.2) is 0 Å². The molecule has 6 heteroatoms. The molecule has 1 aliphatic rings.